The lowest BCUT2D eigenvalue weighted by Gasteiger charge is -2.05. The zero-order valence-corrected chi connectivity index (χ0v) is 8.11. The largest absolute Gasteiger partial charge is 0.461 e. The molecule has 1 aromatic rings. The van der Waals surface area contributed by atoms with Gasteiger partial charge in [-0.25, -0.2) is 0 Å². The van der Waals surface area contributed by atoms with Crippen LogP contribution < -0.4 is 0 Å². The minimum absolute atomic E-state index is 0.135. The average molecular weight is 182 g/mol. The summed E-state index contributed by atoms with van der Waals surface area (Å²) in [5.41, 5.74) is 0. The molecule has 3 nitrogen and oxygen atoms in total. The van der Waals surface area contributed by atoms with Crippen molar-refractivity contribution in [1.82, 2.24) is 0 Å². The molecule has 72 valence electrons. The Morgan fingerprint density at radius 3 is 2.15 bits per heavy atom. The molecular weight excluding hydrogens is 168 g/mol. The van der Waals surface area contributed by atoms with Gasteiger partial charge in [-0.1, -0.05) is 0 Å². The highest BCUT2D eigenvalue weighted by atomic mass is 16.7. The second-order valence-electron chi connectivity index (χ2n) is 3.46. The van der Waals surface area contributed by atoms with E-state index in [1.807, 2.05) is 32.9 Å². The summed E-state index contributed by atoms with van der Waals surface area (Å²) in [4.78, 5) is 0. The molecule has 1 aromatic heterocycles. The van der Waals surface area contributed by atoms with Gasteiger partial charge in [0.2, 0.25) is 6.29 Å². The highest BCUT2D eigenvalue weighted by Gasteiger charge is 2.32. The Morgan fingerprint density at radius 1 is 1.08 bits per heavy atom. The van der Waals surface area contributed by atoms with Gasteiger partial charge in [0.15, 0.2) is 5.76 Å². The third-order valence-electron chi connectivity index (χ3n) is 2.33. The van der Waals surface area contributed by atoms with E-state index in [1.54, 1.807) is 0 Å². The Kier molecular flexibility index (Phi) is 2.14. The van der Waals surface area contributed by atoms with Crippen molar-refractivity contribution in [2.24, 2.45) is 0 Å². The Hall–Kier alpha value is -0.800. The third-order valence-corrected chi connectivity index (χ3v) is 2.33. The van der Waals surface area contributed by atoms with Crippen molar-refractivity contribution in [1.29, 1.82) is 0 Å². The number of rotatable bonds is 1. The SMILES string of the molecule is Cc1ccc(C2OC(C)C(C)O2)o1. The molecule has 0 aromatic carbocycles. The smallest absolute Gasteiger partial charge is 0.217 e. The molecule has 2 heterocycles. The molecule has 0 saturated carbocycles. The van der Waals surface area contributed by atoms with E-state index in [-0.39, 0.29) is 18.5 Å². The average Bonchev–Trinajstić information content (AvgIpc) is 2.61. The van der Waals surface area contributed by atoms with Crippen LogP contribution in [0.15, 0.2) is 16.5 Å². The Labute approximate surface area is 77.6 Å². The van der Waals surface area contributed by atoms with E-state index < -0.39 is 0 Å². The predicted molar refractivity (Wildman–Crippen MR) is 47.3 cm³/mol. The fourth-order valence-corrected chi connectivity index (χ4v) is 1.36. The van der Waals surface area contributed by atoms with Gasteiger partial charge < -0.3 is 13.9 Å². The lowest BCUT2D eigenvalue weighted by molar-refractivity contribution is -0.0792. The molecule has 1 saturated heterocycles. The van der Waals surface area contributed by atoms with E-state index in [0.717, 1.165) is 11.5 Å². The van der Waals surface area contributed by atoms with Gasteiger partial charge >= 0.3 is 0 Å². The third kappa shape index (κ3) is 1.62. The second-order valence-corrected chi connectivity index (χ2v) is 3.46. The predicted octanol–water partition coefficient (Wildman–Crippen LogP) is 2.41. The van der Waals surface area contributed by atoms with E-state index in [1.165, 1.54) is 0 Å². The molecule has 13 heavy (non-hydrogen) atoms. The van der Waals surface area contributed by atoms with Crippen LogP contribution in [0.25, 0.3) is 0 Å². The monoisotopic (exact) mass is 182 g/mol. The number of furan rings is 1. The van der Waals surface area contributed by atoms with Crippen molar-refractivity contribution in [3.05, 3.63) is 23.7 Å². The first-order valence-electron chi connectivity index (χ1n) is 4.54. The van der Waals surface area contributed by atoms with Gasteiger partial charge in [0, 0.05) is 0 Å². The highest BCUT2D eigenvalue weighted by Crippen LogP contribution is 2.31. The molecule has 0 spiro atoms. The van der Waals surface area contributed by atoms with Crippen LogP contribution in [0.5, 0.6) is 0 Å². The summed E-state index contributed by atoms with van der Waals surface area (Å²) in [5, 5.41) is 0. The fourth-order valence-electron chi connectivity index (χ4n) is 1.36. The maximum atomic E-state index is 5.56. The first-order chi connectivity index (χ1) is 6.16. The van der Waals surface area contributed by atoms with Crippen molar-refractivity contribution in [3.63, 3.8) is 0 Å². The van der Waals surface area contributed by atoms with E-state index >= 15 is 0 Å². The molecule has 1 aliphatic rings. The van der Waals surface area contributed by atoms with Crippen LogP contribution in [0.1, 0.15) is 31.7 Å². The van der Waals surface area contributed by atoms with Gasteiger partial charge in [-0.2, -0.15) is 0 Å². The Balaban J connectivity index is 2.11. The van der Waals surface area contributed by atoms with Crippen LogP contribution >= 0.6 is 0 Å². The normalized spacial score (nSPS) is 33.9. The van der Waals surface area contributed by atoms with Gasteiger partial charge in [-0.15, -0.1) is 0 Å². The summed E-state index contributed by atoms with van der Waals surface area (Å²) in [5.74, 6) is 1.64. The van der Waals surface area contributed by atoms with Gasteiger partial charge in [-0.3, -0.25) is 0 Å². The van der Waals surface area contributed by atoms with Gasteiger partial charge in [0.1, 0.15) is 5.76 Å². The molecule has 0 amide bonds. The van der Waals surface area contributed by atoms with Crippen LogP contribution in [0, 0.1) is 6.92 Å². The first kappa shape index (κ1) is 8.78. The molecule has 1 fully saturated rings. The Morgan fingerprint density at radius 2 is 1.69 bits per heavy atom. The molecular formula is C10H14O3. The van der Waals surface area contributed by atoms with E-state index in [4.69, 9.17) is 13.9 Å². The van der Waals surface area contributed by atoms with Gasteiger partial charge in [-0.05, 0) is 32.9 Å². The Bertz CT molecular complexity index is 282. The highest BCUT2D eigenvalue weighted by molar-refractivity contribution is 5.07. The maximum Gasteiger partial charge on any atom is 0.217 e. The molecule has 0 bridgehead atoms. The second kappa shape index (κ2) is 3.16. The van der Waals surface area contributed by atoms with E-state index in [0.29, 0.717) is 0 Å². The van der Waals surface area contributed by atoms with E-state index in [9.17, 15) is 0 Å². The standard InChI is InChI=1S/C10H14O3/c1-6-4-5-9(11-6)10-12-7(2)8(3)13-10/h4-5,7-8,10H,1-3H3. The van der Waals surface area contributed by atoms with Crippen LogP contribution in [-0.4, -0.2) is 12.2 Å². The fraction of sp³-hybridized carbons (Fsp3) is 0.600. The van der Waals surface area contributed by atoms with Crippen LogP contribution in [0.2, 0.25) is 0 Å². The minimum Gasteiger partial charge on any atom is -0.461 e. The summed E-state index contributed by atoms with van der Waals surface area (Å²) in [7, 11) is 0. The summed E-state index contributed by atoms with van der Waals surface area (Å²) >= 11 is 0. The van der Waals surface area contributed by atoms with Crippen molar-refractivity contribution in [2.75, 3.05) is 0 Å². The van der Waals surface area contributed by atoms with Crippen LogP contribution in [-0.2, 0) is 9.47 Å². The molecule has 3 heteroatoms. The van der Waals surface area contributed by atoms with Gasteiger partial charge in [0.05, 0.1) is 12.2 Å². The lowest BCUT2D eigenvalue weighted by Crippen LogP contribution is -2.13. The van der Waals surface area contributed by atoms with Gasteiger partial charge in [0.25, 0.3) is 0 Å². The van der Waals surface area contributed by atoms with Crippen molar-refractivity contribution < 1.29 is 13.9 Å². The summed E-state index contributed by atoms with van der Waals surface area (Å²) in [6, 6.07) is 3.81. The van der Waals surface area contributed by atoms with Crippen LogP contribution in [0.3, 0.4) is 0 Å². The number of hydrogen-bond donors (Lipinski definition) is 0. The van der Waals surface area contributed by atoms with Crippen molar-refractivity contribution in [2.45, 2.75) is 39.3 Å². The quantitative estimate of drug-likeness (QED) is 0.668. The lowest BCUT2D eigenvalue weighted by atomic mass is 10.3. The molecule has 2 atom stereocenters. The minimum atomic E-state index is -0.321. The topological polar surface area (TPSA) is 31.6 Å². The van der Waals surface area contributed by atoms with Crippen molar-refractivity contribution >= 4 is 0 Å². The number of hydrogen-bond acceptors (Lipinski definition) is 3. The summed E-state index contributed by atoms with van der Waals surface area (Å²) < 4.78 is 16.5. The number of ether oxygens (including phenoxy) is 2. The molecule has 0 radical (unpaired) electrons. The molecule has 2 rings (SSSR count). The zero-order valence-electron chi connectivity index (χ0n) is 8.11. The molecule has 1 aliphatic heterocycles. The maximum absolute atomic E-state index is 5.56. The van der Waals surface area contributed by atoms with Crippen molar-refractivity contribution in [3.8, 4) is 0 Å². The summed E-state index contributed by atoms with van der Waals surface area (Å²) in [6.07, 6.45) is -0.0514. The molecule has 0 N–H and O–H groups in total. The first-order valence-corrected chi connectivity index (χ1v) is 4.54. The molecule has 0 aliphatic carbocycles. The van der Waals surface area contributed by atoms with Crippen LogP contribution in [0.4, 0.5) is 0 Å². The number of aryl methyl sites for hydroxylation is 1. The zero-order chi connectivity index (χ0) is 9.42. The van der Waals surface area contributed by atoms with E-state index in [2.05, 4.69) is 0 Å². The summed E-state index contributed by atoms with van der Waals surface area (Å²) in [6.45, 7) is 5.91. The molecule has 2 unspecified atom stereocenters.